The molecule has 0 bridgehead atoms. The molecule has 0 aliphatic carbocycles. The van der Waals surface area contributed by atoms with Crippen LogP contribution in [0.25, 0.3) is 0 Å². The Kier molecular flexibility index (Phi) is 6.85. The number of carbonyl (C=O) groups excluding carboxylic acids is 2. The van der Waals surface area contributed by atoms with Crippen LogP contribution in [-0.4, -0.2) is 47.3 Å². The Balaban J connectivity index is 2.02. The van der Waals surface area contributed by atoms with E-state index in [2.05, 4.69) is 46.8 Å². The molecule has 2 rings (SSSR count). The highest BCUT2D eigenvalue weighted by Crippen LogP contribution is 2.29. The maximum atomic E-state index is 12.8. The number of carbonyl (C=O) groups is 2. The molecule has 2 unspecified atom stereocenters. The minimum atomic E-state index is 0.0987. The van der Waals surface area contributed by atoms with Gasteiger partial charge in [-0.3, -0.25) is 9.59 Å². The zero-order chi connectivity index (χ0) is 19.4. The molecule has 0 saturated carbocycles. The van der Waals surface area contributed by atoms with Gasteiger partial charge in [0, 0.05) is 37.7 Å². The van der Waals surface area contributed by atoms with Crippen LogP contribution in [0.5, 0.6) is 0 Å². The van der Waals surface area contributed by atoms with Crippen LogP contribution in [-0.2, 0) is 4.79 Å². The fraction of sp³-hybridized carbons (Fsp3) is 0.636. The van der Waals surface area contributed by atoms with Crippen LogP contribution in [0.2, 0.25) is 0 Å². The Morgan fingerprint density at radius 1 is 1.12 bits per heavy atom. The van der Waals surface area contributed by atoms with Gasteiger partial charge in [-0.25, -0.2) is 0 Å². The van der Waals surface area contributed by atoms with E-state index in [1.54, 1.807) is 0 Å². The highest BCUT2D eigenvalue weighted by Gasteiger charge is 2.25. The van der Waals surface area contributed by atoms with Crippen LogP contribution < -0.4 is 0 Å². The van der Waals surface area contributed by atoms with E-state index in [1.807, 2.05) is 29.0 Å². The lowest BCUT2D eigenvalue weighted by molar-refractivity contribution is -0.133. The Morgan fingerprint density at radius 3 is 2.19 bits per heavy atom. The zero-order valence-electron chi connectivity index (χ0n) is 17.2. The number of benzene rings is 1. The minimum Gasteiger partial charge on any atom is -0.345 e. The van der Waals surface area contributed by atoms with Crippen LogP contribution in [0.4, 0.5) is 0 Å². The highest BCUT2D eigenvalue weighted by molar-refractivity contribution is 5.94. The second kappa shape index (κ2) is 8.70. The Morgan fingerprint density at radius 2 is 1.69 bits per heavy atom. The molecule has 144 valence electrons. The molecule has 1 fully saturated rings. The van der Waals surface area contributed by atoms with Crippen molar-refractivity contribution in [2.24, 2.45) is 5.92 Å². The fourth-order valence-corrected chi connectivity index (χ4v) is 4.10. The van der Waals surface area contributed by atoms with Crippen molar-refractivity contribution in [1.82, 2.24) is 9.80 Å². The van der Waals surface area contributed by atoms with E-state index in [9.17, 15) is 9.59 Å². The van der Waals surface area contributed by atoms with Gasteiger partial charge < -0.3 is 9.80 Å². The van der Waals surface area contributed by atoms with Crippen molar-refractivity contribution in [3.05, 3.63) is 35.4 Å². The molecular weight excluding hydrogens is 324 g/mol. The van der Waals surface area contributed by atoms with Gasteiger partial charge in [-0.1, -0.05) is 19.1 Å². The van der Waals surface area contributed by atoms with Gasteiger partial charge in [0.05, 0.1) is 0 Å². The van der Waals surface area contributed by atoms with Crippen molar-refractivity contribution < 1.29 is 9.59 Å². The molecule has 1 aromatic carbocycles. The van der Waals surface area contributed by atoms with Crippen LogP contribution >= 0.6 is 0 Å². The lowest BCUT2D eigenvalue weighted by Gasteiger charge is -2.31. The molecule has 2 amide bonds. The fourth-order valence-electron chi connectivity index (χ4n) is 4.10. The van der Waals surface area contributed by atoms with E-state index in [0.29, 0.717) is 18.3 Å². The van der Waals surface area contributed by atoms with Crippen molar-refractivity contribution in [3.8, 4) is 0 Å². The molecule has 0 radical (unpaired) electrons. The number of amides is 2. The normalized spacial score (nSPS) is 19.2. The van der Waals surface area contributed by atoms with Gasteiger partial charge in [0.1, 0.15) is 0 Å². The first kappa shape index (κ1) is 20.5. The summed E-state index contributed by atoms with van der Waals surface area (Å²) in [5, 5.41) is 0. The van der Waals surface area contributed by atoms with Crippen LogP contribution in [0.3, 0.4) is 0 Å². The van der Waals surface area contributed by atoms with E-state index in [4.69, 9.17) is 0 Å². The topological polar surface area (TPSA) is 40.6 Å². The number of likely N-dealkylation sites (tertiary alicyclic amines) is 1. The second-order valence-corrected chi connectivity index (χ2v) is 8.34. The average molecular weight is 359 g/mol. The molecule has 2 atom stereocenters. The van der Waals surface area contributed by atoms with Crippen molar-refractivity contribution in [2.75, 3.05) is 13.6 Å². The number of hydrogen-bond acceptors (Lipinski definition) is 2. The molecule has 1 aromatic rings. The van der Waals surface area contributed by atoms with Gasteiger partial charge in [-0.2, -0.15) is 0 Å². The summed E-state index contributed by atoms with van der Waals surface area (Å²) in [5.74, 6) is 1.35. The third-order valence-electron chi connectivity index (χ3n) is 5.49. The molecule has 1 aliphatic heterocycles. The summed E-state index contributed by atoms with van der Waals surface area (Å²) < 4.78 is 0. The van der Waals surface area contributed by atoms with Gasteiger partial charge in [0.25, 0.3) is 5.91 Å². The molecule has 26 heavy (non-hydrogen) atoms. The van der Waals surface area contributed by atoms with Gasteiger partial charge in [0.15, 0.2) is 0 Å². The molecule has 1 saturated heterocycles. The van der Waals surface area contributed by atoms with E-state index in [1.165, 1.54) is 5.56 Å². The predicted octanol–water partition coefficient (Wildman–Crippen LogP) is 4.31. The number of nitrogens with zero attached hydrogens (tertiary/aromatic N) is 2. The summed E-state index contributed by atoms with van der Waals surface area (Å²) in [7, 11) is 1.90. The largest absolute Gasteiger partial charge is 0.345 e. The summed E-state index contributed by atoms with van der Waals surface area (Å²) in [6, 6.07) is 8.48. The molecule has 1 heterocycles. The lowest BCUT2D eigenvalue weighted by atomic mass is 9.85. The van der Waals surface area contributed by atoms with Gasteiger partial charge in [-0.05, 0) is 70.1 Å². The van der Waals surface area contributed by atoms with Gasteiger partial charge >= 0.3 is 0 Å². The van der Waals surface area contributed by atoms with E-state index in [0.717, 1.165) is 24.9 Å². The standard InChI is InChI=1S/C22H34N2O2/c1-15(2)24(16(3)4)22(26)20-10-8-19(9-11-20)17(5)13-18-7-12-21(25)23(6)14-18/h8-11,15-18H,7,12-14H2,1-6H3. The minimum absolute atomic E-state index is 0.0987. The first-order chi connectivity index (χ1) is 12.2. The Hall–Kier alpha value is -1.84. The second-order valence-electron chi connectivity index (χ2n) is 8.34. The molecule has 0 aromatic heterocycles. The van der Waals surface area contributed by atoms with Crippen LogP contribution in [0.15, 0.2) is 24.3 Å². The Bertz CT molecular complexity index is 614. The highest BCUT2D eigenvalue weighted by atomic mass is 16.2. The number of rotatable bonds is 6. The molecule has 1 aliphatic rings. The summed E-state index contributed by atoms with van der Waals surface area (Å²) in [6.45, 7) is 11.3. The molecule has 0 N–H and O–H groups in total. The maximum absolute atomic E-state index is 12.8. The lowest BCUT2D eigenvalue weighted by Crippen LogP contribution is -2.42. The predicted molar refractivity (Wildman–Crippen MR) is 106 cm³/mol. The molecule has 4 nitrogen and oxygen atoms in total. The molecular formula is C22H34N2O2. The number of hydrogen-bond donors (Lipinski definition) is 0. The molecule has 0 spiro atoms. The third kappa shape index (κ3) is 4.87. The molecule has 4 heteroatoms. The summed E-state index contributed by atoms with van der Waals surface area (Å²) in [4.78, 5) is 28.2. The SMILES string of the molecule is CC(CC1CCC(=O)N(C)C1)c1ccc(C(=O)N(C(C)C)C(C)C)cc1. The Labute approximate surface area is 158 Å². The maximum Gasteiger partial charge on any atom is 0.254 e. The van der Waals surface area contributed by atoms with Crippen LogP contribution in [0, 0.1) is 5.92 Å². The smallest absolute Gasteiger partial charge is 0.254 e. The first-order valence-electron chi connectivity index (χ1n) is 9.87. The summed E-state index contributed by atoms with van der Waals surface area (Å²) in [5.41, 5.74) is 2.02. The van der Waals surface area contributed by atoms with E-state index >= 15 is 0 Å². The van der Waals surface area contributed by atoms with Crippen molar-refractivity contribution in [2.45, 2.75) is 71.9 Å². The van der Waals surface area contributed by atoms with Crippen LogP contribution in [0.1, 0.15) is 75.7 Å². The van der Waals surface area contributed by atoms with E-state index < -0.39 is 0 Å². The van der Waals surface area contributed by atoms with Gasteiger partial charge in [-0.15, -0.1) is 0 Å². The van der Waals surface area contributed by atoms with Crippen molar-refractivity contribution in [1.29, 1.82) is 0 Å². The van der Waals surface area contributed by atoms with Gasteiger partial charge in [0.2, 0.25) is 5.91 Å². The number of piperidine rings is 1. The summed E-state index contributed by atoms with van der Waals surface area (Å²) in [6.07, 6.45) is 2.73. The average Bonchev–Trinajstić information content (AvgIpc) is 2.57. The van der Waals surface area contributed by atoms with Crippen molar-refractivity contribution >= 4 is 11.8 Å². The van der Waals surface area contributed by atoms with E-state index in [-0.39, 0.29) is 23.9 Å². The van der Waals surface area contributed by atoms with Crippen molar-refractivity contribution in [3.63, 3.8) is 0 Å². The first-order valence-corrected chi connectivity index (χ1v) is 9.87. The zero-order valence-corrected chi connectivity index (χ0v) is 17.2. The summed E-state index contributed by atoms with van der Waals surface area (Å²) >= 11 is 0. The monoisotopic (exact) mass is 358 g/mol. The quantitative estimate of drug-likeness (QED) is 0.760. The third-order valence-corrected chi connectivity index (χ3v) is 5.49.